The Morgan fingerprint density at radius 1 is 1.08 bits per heavy atom. The van der Waals surface area contributed by atoms with Crippen LogP contribution >= 0.6 is 23.2 Å². The van der Waals surface area contributed by atoms with Crippen LogP contribution in [0.5, 0.6) is 0 Å². The van der Waals surface area contributed by atoms with E-state index in [2.05, 4.69) is 4.98 Å². The zero-order valence-electron chi connectivity index (χ0n) is 12.6. The van der Waals surface area contributed by atoms with E-state index in [9.17, 15) is 13.2 Å². The molecule has 0 aliphatic rings. The van der Waals surface area contributed by atoms with E-state index in [1.165, 1.54) is 30.7 Å². The summed E-state index contributed by atoms with van der Waals surface area (Å²) in [7, 11) is -4.10. The molecule has 1 aromatic heterocycles. The average Bonchev–Trinajstić information content (AvgIpc) is 3.05. The number of amides is 1. The number of hydrogen-bond acceptors (Lipinski definition) is 4. The summed E-state index contributed by atoms with van der Waals surface area (Å²) in [6, 6.07) is 12.8. The number of hydrogen-bond donors (Lipinski definition) is 1. The van der Waals surface area contributed by atoms with Gasteiger partial charge in [-0.3, -0.25) is 4.79 Å². The lowest BCUT2D eigenvalue weighted by atomic mass is 10.3. The minimum absolute atomic E-state index is 0.0206. The molecule has 0 spiro atoms. The van der Waals surface area contributed by atoms with E-state index >= 15 is 0 Å². The average molecular weight is 396 g/mol. The number of rotatable bonds is 4. The Morgan fingerprint density at radius 2 is 1.84 bits per heavy atom. The standard InChI is InChI=1S/C16H11Cl2N3O3S/c17-11-4-3-5-12(8-11)21-9-14(19-10-21)16(22)20-25(23,24)15-7-2-1-6-13(15)18/h1-10H,(H,20,22). The molecular formula is C16H11Cl2N3O3S. The normalized spacial score (nSPS) is 11.3. The molecule has 6 nitrogen and oxygen atoms in total. The summed E-state index contributed by atoms with van der Waals surface area (Å²) >= 11 is 11.8. The van der Waals surface area contributed by atoms with E-state index < -0.39 is 15.9 Å². The molecular weight excluding hydrogens is 385 g/mol. The molecule has 3 rings (SSSR count). The van der Waals surface area contributed by atoms with Crippen LogP contribution in [0.4, 0.5) is 0 Å². The second-order valence-electron chi connectivity index (χ2n) is 5.01. The van der Waals surface area contributed by atoms with Crippen LogP contribution in [0.3, 0.4) is 0 Å². The molecule has 2 aromatic carbocycles. The van der Waals surface area contributed by atoms with E-state index in [1.807, 2.05) is 4.72 Å². The molecule has 0 saturated carbocycles. The zero-order chi connectivity index (χ0) is 18.0. The minimum Gasteiger partial charge on any atom is -0.305 e. The van der Waals surface area contributed by atoms with Gasteiger partial charge in [-0.05, 0) is 30.3 Å². The summed E-state index contributed by atoms with van der Waals surface area (Å²) in [6.45, 7) is 0. The fourth-order valence-electron chi connectivity index (χ4n) is 2.11. The molecule has 0 radical (unpaired) electrons. The predicted molar refractivity (Wildman–Crippen MR) is 94.7 cm³/mol. The molecule has 3 aromatic rings. The number of benzene rings is 2. The van der Waals surface area contributed by atoms with E-state index in [4.69, 9.17) is 23.2 Å². The highest BCUT2D eigenvalue weighted by molar-refractivity contribution is 7.90. The van der Waals surface area contributed by atoms with Crippen molar-refractivity contribution in [2.24, 2.45) is 0 Å². The van der Waals surface area contributed by atoms with Crippen molar-refractivity contribution in [3.63, 3.8) is 0 Å². The van der Waals surface area contributed by atoms with Gasteiger partial charge >= 0.3 is 0 Å². The lowest BCUT2D eigenvalue weighted by molar-refractivity contribution is 0.0977. The third kappa shape index (κ3) is 3.84. The van der Waals surface area contributed by atoms with E-state index in [1.54, 1.807) is 34.9 Å². The SMILES string of the molecule is O=C(NS(=O)(=O)c1ccccc1Cl)c1cn(-c2cccc(Cl)c2)cn1. The number of imidazole rings is 1. The largest absolute Gasteiger partial charge is 0.305 e. The van der Waals surface area contributed by atoms with Gasteiger partial charge in [0.15, 0.2) is 0 Å². The summed E-state index contributed by atoms with van der Waals surface area (Å²) in [5.74, 6) is -0.860. The predicted octanol–water partition coefficient (Wildman–Crippen LogP) is 3.30. The highest BCUT2D eigenvalue weighted by atomic mass is 35.5. The summed E-state index contributed by atoms with van der Waals surface area (Å²) in [5.41, 5.74) is 0.628. The lowest BCUT2D eigenvalue weighted by Crippen LogP contribution is -2.31. The van der Waals surface area contributed by atoms with Crippen LogP contribution in [0, 0.1) is 0 Å². The van der Waals surface area contributed by atoms with E-state index in [0.29, 0.717) is 10.7 Å². The van der Waals surface area contributed by atoms with Gasteiger partial charge in [-0.2, -0.15) is 0 Å². The van der Waals surface area contributed by atoms with Gasteiger partial charge in [0.2, 0.25) is 0 Å². The van der Waals surface area contributed by atoms with Crippen molar-refractivity contribution in [3.05, 3.63) is 76.8 Å². The number of sulfonamides is 1. The Balaban J connectivity index is 1.84. The number of halogens is 2. The van der Waals surface area contributed by atoms with Crippen molar-refractivity contribution < 1.29 is 13.2 Å². The highest BCUT2D eigenvalue weighted by Gasteiger charge is 2.22. The molecule has 0 saturated heterocycles. The third-order valence-electron chi connectivity index (χ3n) is 3.27. The Kier molecular flexibility index (Phi) is 4.80. The van der Waals surface area contributed by atoms with Crippen LogP contribution in [0.2, 0.25) is 10.0 Å². The minimum atomic E-state index is -4.10. The summed E-state index contributed by atoms with van der Waals surface area (Å²) in [4.78, 5) is 16.0. The van der Waals surface area contributed by atoms with Gasteiger partial charge in [-0.15, -0.1) is 0 Å². The fraction of sp³-hybridized carbons (Fsp3) is 0. The molecule has 128 valence electrons. The third-order valence-corrected chi connectivity index (χ3v) is 5.34. The quantitative estimate of drug-likeness (QED) is 0.734. The maximum atomic E-state index is 12.3. The monoisotopic (exact) mass is 395 g/mol. The highest BCUT2D eigenvalue weighted by Crippen LogP contribution is 2.20. The zero-order valence-corrected chi connectivity index (χ0v) is 14.9. The van der Waals surface area contributed by atoms with Gasteiger partial charge in [-0.25, -0.2) is 18.1 Å². The Morgan fingerprint density at radius 3 is 2.56 bits per heavy atom. The second-order valence-corrected chi connectivity index (χ2v) is 7.51. The van der Waals surface area contributed by atoms with Crippen LogP contribution in [-0.2, 0) is 10.0 Å². The van der Waals surface area contributed by atoms with Crippen LogP contribution in [-0.4, -0.2) is 23.9 Å². The second kappa shape index (κ2) is 6.87. The van der Waals surface area contributed by atoms with Crippen molar-refractivity contribution in [1.29, 1.82) is 0 Å². The molecule has 1 heterocycles. The van der Waals surface area contributed by atoms with Crippen LogP contribution in [0.1, 0.15) is 10.5 Å². The number of nitrogens with zero attached hydrogens (tertiary/aromatic N) is 2. The van der Waals surface area contributed by atoms with Crippen LogP contribution < -0.4 is 4.72 Å². The number of aromatic nitrogens is 2. The van der Waals surface area contributed by atoms with Gasteiger partial charge in [0.1, 0.15) is 16.9 Å². The molecule has 0 aliphatic carbocycles. The smallest absolute Gasteiger partial charge is 0.285 e. The molecule has 0 fully saturated rings. The number of nitrogens with one attached hydrogen (secondary N) is 1. The van der Waals surface area contributed by atoms with Gasteiger partial charge in [-0.1, -0.05) is 41.4 Å². The Bertz CT molecular complexity index is 1050. The number of carbonyl (C=O) groups is 1. The summed E-state index contributed by atoms with van der Waals surface area (Å²) < 4.78 is 28.1. The topological polar surface area (TPSA) is 81.1 Å². The summed E-state index contributed by atoms with van der Waals surface area (Å²) in [6.07, 6.45) is 2.80. The first-order chi connectivity index (χ1) is 11.9. The van der Waals surface area contributed by atoms with Crippen molar-refractivity contribution in [1.82, 2.24) is 14.3 Å². The van der Waals surface area contributed by atoms with Gasteiger partial charge in [0, 0.05) is 16.9 Å². The molecule has 1 N–H and O–H groups in total. The molecule has 1 amide bonds. The van der Waals surface area contributed by atoms with Gasteiger partial charge in [0.25, 0.3) is 15.9 Å². The van der Waals surface area contributed by atoms with Gasteiger partial charge < -0.3 is 4.57 Å². The lowest BCUT2D eigenvalue weighted by Gasteiger charge is -2.07. The summed E-state index contributed by atoms with van der Waals surface area (Å²) in [5, 5.41) is 0.547. The van der Waals surface area contributed by atoms with Crippen molar-refractivity contribution >= 4 is 39.1 Å². The molecule has 0 atom stereocenters. The van der Waals surface area contributed by atoms with E-state index in [0.717, 1.165) is 0 Å². The van der Waals surface area contributed by atoms with Crippen molar-refractivity contribution in [2.45, 2.75) is 4.90 Å². The maximum Gasteiger partial charge on any atom is 0.285 e. The van der Waals surface area contributed by atoms with Crippen molar-refractivity contribution in [2.75, 3.05) is 0 Å². The molecule has 0 bridgehead atoms. The number of carbonyl (C=O) groups excluding carboxylic acids is 1. The van der Waals surface area contributed by atoms with Crippen molar-refractivity contribution in [3.8, 4) is 5.69 Å². The van der Waals surface area contributed by atoms with E-state index in [-0.39, 0.29) is 15.6 Å². The molecule has 25 heavy (non-hydrogen) atoms. The van der Waals surface area contributed by atoms with Crippen LogP contribution in [0.15, 0.2) is 66.0 Å². The maximum absolute atomic E-state index is 12.3. The first-order valence-electron chi connectivity index (χ1n) is 6.98. The first kappa shape index (κ1) is 17.5. The Hall–Kier alpha value is -2.35. The Labute approximate surface area is 154 Å². The molecule has 9 heteroatoms. The van der Waals surface area contributed by atoms with Gasteiger partial charge in [0.05, 0.1) is 5.02 Å². The molecule has 0 aliphatic heterocycles. The van der Waals surface area contributed by atoms with Crippen LogP contribution in [0.25, 0.3) is 5.69 Å². The first-order valence-corrected chi connectivity index (χ1v) is 9.22. The molecule has 0 unspecified atom stereocenters. The fourth-order valence-corrected chi connectivity index (χ4v) is 3.78.